The number of H-pyrrole nitrogens is 1. The van der Waals surface area contributed by atoms with E-state index in [0.29, 0.717) is 11.3 Å². The van der Waals surface area contributed by atoms with E-state index in [1.165, 1.54) is 32.1 Å². The van der Waals surface area contributed by atoms with E-state index in [1.54, 1.807) is 16.3 Å². The van der Waals surface area contributed by atoms with Gasteiger partial charge in [-0.15, -0.1) is 5.10 Å². The maximum absolute atomic E-state index is 11.9. The molecular formula is C15H28N4OS. The molecule has 120 valence electrons. The summed E-state index contributed by atoms with van der Waals surface area (Å²) < 4.78 is 1.76. The number of hydrogen-bond acceptors (Lipinski definition) is 4. The molecule has 0 saturated heterocycles. The summed E-state index contributed by atoms with van der Waals surface area (Å²) in [7, 11) is 2.04. The van der Waals surface area contributed by atoms with E-state index in [4.69, 9.17) is 0 Å². The van der Waals surface area contributed by atoms with Crippen molar-refractivity contribution in [2.75, 3.05) is 7.05 Å². The first-order valence-corrected chi connectivity index (χ1v) is 8.95. The zero-order valence-electron chi connectivity index (χ0n) is 13.6. The zero-order chi connectivity index (χ0) is 15.4. The maximum Gasteiger partial charge on any atom is 0.344 e. The molecule has 0 aromatic carbocycles. The second-order valence-electron chi connectivity index (χ2n) is 6.29. The lowest BCUT2D eigenvalue weighted by Crippen LogP contribution is -2.41. The summed E-state index contributed by atoms with van der Waals surface area (Å²) in [6.07, 6.45) is 6.31. The molecule has 0 spiro atoms. The van der Waals surface area contributed by atoms with Gasteiger partial charge in [-0.2, -0.15) is 0 Å². The Morgan fingerprint density at radius 3 is 2.86 bits per heavy atom. The molecule has 1 fully saturated rings. The minimum absolute atomic E-state index is 0.102. The molecule has 1 aliphatic rings. The molecule has 0 radical (unpaired) electrons. The third kappa shape index (κ3) is 3.92. The summed E-state index contributed by atoms with van der Waals surface area (Å²) in [5, 5.41) is 11.6. The van der Waals surface area contributed by atoms with Gasteiger partial charge >= 0.3 is 5.69 Å². The molecule has 21 heavy (non-hydrogen) atoms. The molecule has 0 amide bonds. The first kappa shape index (κ1) is 16.6. The SMILES string of the molecule is CCCC1CCC(NC)C(Sc2n[nH]c(=O)n2C(C)C)C1. The maximum atomic E-state index is 11.9. The van der Waals surface area contributed by atoms with Crippen LogP contribution in [0.4, 0.5) is 0 Å². The fourth-order valence-corrected chi connectivity index (χ4v) is 4.89. The van der Waals surface area contributed by atoms with E-state index < -0.39 is 0 Å². The van der Waals surface area contributed by atoms with Crippen LogP contribution >= 0.6 is 11.8 Å². The molecule has 0 bridgehead atoms. The van der Waals surface area contributed by atoms with E-state index >= 15 is 0 Å². The zero-order valence-corrected chi connectivity index (χ0v) is 14.4. The van der Waals surface area contributed by atoms with Crippen LogP contribution in [0.5, 0.6) is 0 Å². The van der Waals surface area contributed by atoms with E-state index in [9.17, 15) is 4.79 Å². The summed E-state index contributed by atoms with van der Waals surface area (Å²) in [5.74, 6) is 0.815. The Labute approximate surface area is 131 Å². The molecule has 6 heteroatoms. The van der Waals surface area contributed by atoms with Crippen molar-refractivity contribution in [1.29, 1.82) is 0 Å². The van der Waals surface area contributed by atoms with Crippen LogP contribution in [-0.2, 0) is 0 Å². The molecular weight excluding hydrogens is 284 g/mol. The lowest BCUT2D eigenvalue weighted by atomic mass is 9.83. The van der Waals surface area contributed by atoms with Crippen molar-refractivity contribution in [3.63, 3.8) is 0 Å². The number of thioether (sulfide) groups is 1. The third-order valence-corrected chi connectivity index (χ3v) is 5.74. The van der Waals surface area contributed by atoms with Gasteiger partial charge in [0.15, 0.2) is 5.16 Å². The summed E-state index contributed by atoms with van der Waals surface area (Å²) in [6, 6.07) is 0.650. The average molecular weight is 312 g/mol. The highest BCUT2D eigenvalue weighted by atomic mass is 32.2. The molecule has 1 aromatic heterocycles. The van der Waals surface area contributed by atoms with Crippen LogP contribution in [0.2, 0.25) is 0 Å². The van der Waals surface area contributed by atoms with Gasteiger partial charge in [-0.25, -0.2) is 9.89 Å². The highest BCUT2D eigenvalue weighted by Gasteiger charge is 2.31. The van der Waals surface area contributed by atoms with Crippen LogP contribution in [0.3, 0.4) is 0 Å². The highest BCUT2D eigenvalue weighted by molar-refractivity contribution is 7.99. The molecule has 3 atom stereocenters. The Morgan fingerprint density at radius 1 is 1.48 bits per heavy atom. The fraction of sp³-hybridized carbons (Fsp3) is 0.867. The molecule has 1 saturated carbocycles. The Kier molecular flexibility index (Phi) is 5.93. The quantitative estimate of drug-likeness (QED) is 0.848. The number of aromatic amines is 1. The van der Waals surface area contributed by atoms with Crippen LogP contribution < -0.4 is 11.0 Å². The average Bonchev–Trinajstić information content (AvgIpc) is 2.80. The van der Waals surface area contributed by atoms with Gasteiger partial charge in [0.1, 0.15) is 0 Å². The Bertz CT molecular complexity index is 496. The van der Waals surface area contributed by atoms with Crippen LogP contribution in [-0.4, -0.2) is 33.1 Å². The van der Waals surface area contributed by atoms with Crippen LogP contribution in [0, 0.1) is 5.92 Å². The van der Waals surface area contributed by atoms with Gasteiger partial charge in [0.05, 0.1) is 0 Å². The second kappa shape index (κ2) is 7.49. The predicted molar refractivity (Wildman–Crippen MR) is 88.0 cm³/mol. The predicted octanol–water partition coefficient (Wildman–Crippen LogP) is 2.80. The lowest BCUT2D eigenvalue weighted by molar-refractivity contribution is 0.295. The van der Waals surface area contributed by atoms with Crippen molar-refractivity contribution < 1.29 is 0 Å². The number of nitrogens with one attached hydrogen (secondary N) is 2. The van der Waals surface area contributed by atoms with Crippen molar-refractivity contribution in [2.45, 2.75) is 75.4 Å². The minimum Gasteiger partial charge on any atom is -0.316 e. The second-order valence-corrected chi connectivity index (χ2v) is 7.50. The van der Waals surface area contributed by atoms with E-state index in [-0.39, 0.29) is 11.7 Å². The van der Waals surface area contributed by atoms with Crippen LogP contribution in [0.1, 0.15) is 58.9 Å². The third-order valence-electron chi connectivity index (χ3n) is 4.41. The standard InChI is InChI=1S/C15H28N4OS/c1-5-6-11-7-8-12(16-4)13(9-11)21-15-18-17-14(20)19(15)10(2)3/h10-13,16H,5-9H2,1-4H3,(H,17,20). The smallest absolute Gasteiger partial charge is 0.316 e. The summed E-state index contributed by atoms with van der Waals surface area (Å²) in [4.78, 5) is 11.9. The van der Waals surface area contributed by atoms with Crippen molar-refractivity contribution in [1.82, 2.24) is 20.1 Å². The molecule has 3 unspecified atom stereocenters. The molecule has 1 aliphatic carbocycles. The van der Waals surface area contributed by atoms with Crippen LogP contribution in [0.15, 0.2) is 9.95 Å². The van der Waals surface area contributed by atoms with Crippen LogP contribution in [0.25, 0.3) is 0 Å². The molecule has 2 rings (SSSR count). The highest BCUT2D eigenvalue weighted by Crippen LogP contribution is 2.37. The Morgan fingerprint density at radius 2 is 2.24 bits per heavy atom. The monoisotopic (exact) mass is 312 g/mol. The number of aromatic nitrogens is 3. The topological polar surface area (TPSA) is 62.7 Å². The van der Waals surface area contributed by atoms with Gasteiger partial charge in [0, 0.05) is 17.3 Å². The number of hydrogen-bond donors (Lipinski definition) is 2. The molecule has 5 nitrogen and oxygen atoms in total. The van der Waals surface area contributed by atoms with Gasteiger partial charge in [-0.3, -0.25) is 4.57 Å². The molecule has 2 N–H and O–H groups in total. The first-order chi connectivity index (χ1) is 10.1. The van der Waals surface area contributed by atoms with Gasteiger partial charge < -0.3 is 5.32 Å². The van der Waals surface area contributed by atoms with E-state index in [2.05, 4.69) is 22.4 Å². The Hall–Kier alpha value is -0.750. The molecule has 1 heterocycles. The molecule has 0 aliphatic heterocycles. The largest absolute Gasteiger partial charge is 0.344 e. The summed E-state index contributed by atoms with van der Waals surface area (Å²) >= 11 is 1.76. The van der Waals surface area contributed by atoms with Crippen molar-refractivity contribution in [3.8, 4) is 0 Å². The molecule has 1 aromatic rings. The van der Waals surface area contributed by atoms with Gasteiger partial charge in [0.2, 0.25) is 0 Å². The minimum atomic E-state index is -0.102. The van der Waals surface area contributed by atoms with Gasteiger partial charge in [0.25, 0.3) is 0 Å². The first-order valence-electron chi connectivity index (χ1n) is 8.07. The summed E-state index contributed by atoms with van der Waals surface area (Å²) in [6.45, 7) is 6.31. The number of rotatable bonds is 6. The lowest BCUT2D eigenvalue weighted by Gasteiger charge is -2.35. The van der Waals surface area contributed by atoms with E-state index in [1.807, 2.05) is 20.9 Å². The van der Waals surface area contributed by atoms with Crippen molar-refractivity contribution in [2.24, 2.45) is 5.92 Å². The van der Waals surface area contributed by atoms with Gasteiger partial charge in [-0.1, -0.05) is 31.5 Å². The van der Waals surface area contributed by atoms with Crippen molar-refractivity contribution in [3.05, 3.63) is 10.5 Å². The van der Waals surface area contributed by atoms with E-state index in [0.717, 1.165) is 11.1 Å². The summed E-state index contributed by atoms with van der Waals surface area (Å²) in [5.41, 5.74) is -0.102. The number of nitrogens with zero attached hydrogens (tertiary/aromatic N) is 2. The fourth-order valence-electron chi connectivity index (χ4n) is 3.31. The van der Waals surface area contributed by atoms with Crippen molar-refractivity contribution >= 4 is 11.8 Å². The Balaban J connectivity index is 2.13. The normalized spacial score (nSPS) is 26.4. The van der Waals surface area contributed by atoms with Gasteiger partial charge in [-0.05, 0) is 46.1 Å².